The molecule has 18 heavy (non-hydrogen) atoms. The molecule has 0 aliphatic heterocycles. The average molecular weight is 308 g/mol. The number of imidazole rings is 1. The molecule has 3 rings (SSSR count). The first-order valence-electron chi connectivity index (χ1n) is 6.15. The van der Waals surface area contributed by atoms with Gasteiger partial charge in [-0.1, -0.05) is 12.5 Å². The maximum atomic E-state index is 11.8. The van der Waals surface area contributed by atoms with E-state index in [1.54, 1.807) is 0 Å². The van der Waals surface area contributed by atoms with E-state index in [0.717, 1.165) is 28.8 Å². The van der Waals surface area contributed by atoms with E-state index in [1.807, 2.05) is 28.8 Å². The van der Waals surface area contributed by atoms with Gasteiger partial charge in [0.1, 0.15) is 10.4 Å². The van der Waals surface area contributed by atoms with E-state index >= 15 is 0 Å². The molecular weight excluding hydrogens is 294 g/mol. The van der Waals surface area contributed by atoms with Crippen LogP contribution in [-0.2, 0) is 11.3 Å². The van der Waals surface area contributed by atoms with Gasteiger partial charge in [-0.25, -0.2) is 4.98 Å². The fraction of sp³-hybridized carbons (Fsp3) is 0.385. The summed E-state index contributed by atoms with van der Waals surface area (Å²) in [7, 11) is 0. The number of nitrogens with one attached hydrogen (secondary N) is 1. The number of carbonyl (C=O) groups excluding carboxylic acids is 1. The van der Waals surface area contributed by atoms with Crippen molar-refractivity contribution in [3.63, 3.8) is 0 Å². The lowest BCUT2D eigenvalue weighted by Gasteiger charge is -2.23. The van der Waals surface area contributed by atoms with Crippen molar-refractivity contribution in [1.82, 2.24) is 14.7 Å². The molecular formula is C13H14BrN3O. The number of carbonyl (C=O) groups is 1. The van der Waals surface area contributed by atoms with Crippen molar-refractivity contribution in [1.29, 1.82) is 0 Å². The summed E-state index contributed by atoms with van der Waals surface area (Å²) in [5, 5.41) is 2.96. The minimum absolute atomic E-state index is 0.157. The molecule has 1 saturated carbocycles. The number of aromatic nitrogens is 2. The summed E-state index contributed by atoms with van der Waals surface area (Å²) < 4.78 is 2.81. The summed E-state index contributed by atoms with van der Waals surface area (Å²) in [6.45, 7) is 0.478. The van der Waals surface area contributed by atoms with E-state index in [9.17, 15) is 4.79 Å². The molecule has 2 aromatic rings. The fourth-order valence-corrected chi connectivity index (χ4v) is 2.69. The largest absolute Gasteiger partial charge is 0.349 e. The van der Waals surface area contributed by atoms with Gasteiger partial charge >= 0.3 is 0 Å². The molecule has 94 valence electrons. The van der Waals surface area contributed by atoms with Crippen LogP contribution in [0.1, 0.15) is 25.1 Å². The highest BCUT2D eigenvalue weighted by atomic mass is 79.9. The zero-order chi connectivity index (χ0) is 12.5. The molecule has 2 aromatic heterocycles. The smallest absolute Gasteiger partial charge is 0.223 e. The number of hydrogen-bond acceptors (Lipinski definition) is 2. The Labute approximate surface area is 114 Å². The van der Waals surface area contributed by atoms with Crippen LogP contribution >= 0.6 is 15.9 Å². The van der Waals surface area contributed by atoms with Gasteiger partial charge in [-0.15, -0.1) is 0 Å². The standard InChI is InChI=1S/C13H14BrN3O/c14-12-10-6-1-2-7-17(10)11(16-12)8-15-13(18)9-4-3-5-9/h1-2,6-7,9H,3-5,8H2,(H,15,18). The Bertz CT molecular complexity index is 589. The average Bonchev–Trinajstić information content (AvgIpc) is 2.62. The van der Waals surface area contributed by atoms with Crippen molar-refractivity contribution in [2.24, 2.45) is 5.92 Å². The van der Waals surface area contributed by atoms with Gasteiger partial charge in [0, 0.05) is 12.1 Å². The minimum Gasteiger partial charge on any atom is -0.349 e. The molecule has 1 amide bonds. The summed E-state index contributed by atoms with van der Waals surface area (Å²) in [6, 6.07) is 5.92. The zero-order valence-electron chi connectivity index (χ0n) is 9.90. The summed E-state index contributed by atoms with van der Waals surface area (Å²) in [5.41, 5.74) is 1.02. The second kappa shape index (κ2) is 4.72. The Morgan fingerprint density at radius 1 is 1.50 bits per heavy atom. The molecule has 0 radical (unpaired) electrons. The predicted molar refractivity (Wildman–Crippen MR) is 72.1 cm³/mol. The van der Waals surface area contributed by atoms with Crippen LogP contribution in [0.15, 0.2) is 29.0 Å². The third kappa shape index (κ3) is 2.03. The molecule has 0 spiro atoms. The summed E-state index contributed by atoms with van der Waals surface area (Å²) in [6.07, 6.45) is 5.18. The molecule has 1 fully saturated rings. The van der Waals surface area contributed by atoms with Crippen LogP contribution in [0.5, 0.6) is 0 Å². The Morgan fingerprint density at radius 2 is 2.33 bits per heavy atom. The van der Waals surface area contributed by atoms with Crippen LogP contribution < -0.4 is 5.32 Å². The Kier molecular flexibility index (Phi) is 3.07. The highest BCUT2D eigenvalue weighted by Gasteiger charge is 2.25. The van der Waals surface area contributed by atoms with Gasteiger partial charge in [-0.2, -0.15) is 0 Å². The highest BCUT2D eigenvalue weighted by Crippen LogP contribution is 2.26. The molecule has 1 N–H and O–H groups in total. The van der Waals surface area contributed by atoms with Gasteiger partial charge in [0.05, 0.1) is 12.1 Å². The van der Waals surface area contributed by atoms with E-state index in [1.165, 1.54) is 6.42 Å². The first-order chi connectivity index (χ1) is 8.75. The number of amides is 1. The van der Waals surface area contributed by atoms with Crippen molar-refractivity contribution in [2.75, 3.05) is 0 Å². The second-order valence-corrected chi connectivity index (χ2v) is 5.37. The molecule has 2 heterocycles. The van der Waals surface area contributed by atoms with Crippen LogP contribution in [0, 0.1) is 5.92 Å². The number of nitrogens with zero attached hydrogens (tertiary/aromatic N) is 2. The Morgan fingerprint density at radius 3 is 3.06 bits per heavy atom. The molecule has 0 aromatic carbocycles. The van der Waals surface area contributed by atoms with Crippen LogP contribution in [0.4, 0.5) is 0 Å². The summed E-state index contributed by atoms with van der Waals surface area (Å²) in [5.74, 6) is 1.23. The number of halogens is 1. The van der Waals surface area contributed by atoms with Crippen molar-refractivity contribution in [3.8, 4) is 0 Å². The van der Waals surface area contributed by atoms with Crippen LogP contribution in [0.3, 0.4) is 0 Å². The predicted octanol–water partition coefficient (Wildman–Crippen LogP) is 2.51. The van der Waals surface area contributed by atoms with E-state index in [-0.39, 0.29) is 11.8 Å². The van der Waals surface area contributed by atoms with Gasteiger partial charge in [0.25, 0.3) is 0 Å². The topological polar surface area (TPSA) is 46.4 Å². The number of rotatable bonds is 3. The van der Waals surface area contributed by atoms with E-state index in [4.69, 9.17) is 0 Å². The van der Waals surface area contributed by atoms with Crippen LogP contribution in [-0.4, -0.2) is 15.3 Å². The molecule has 1 aliphatic rings. The third-order valence-corrected chi connectivity index (χ3v) is 4.06. The maximum absolute atomic E-state index is 11.8. The lowest BCUT2D eigenvalue weighted by atomic mass is 9.85. The molecule has 0 saturated heterocycles. The number of pyridine rings is 1. The van der Waals surface area contributed by atoms with E-state index < -0.39 is 0 Å². The Hall–Kier alpha value is -1.36. The van der Waals surface area contributed by atoms with Crippen molar-refractivity contribution in [3.05, 3.63) is 34.8 Å². The number of hydrogen-bond donors (Lipinski definition) is 1. The zero-order valence-corrected chi connectivity index (χ0v) is 11.5. The molecule has 1 aliphatic carbocycles. The van der Waals surface area contributed by atoms with Crippen molar-refractivity contribution >= 4 is 27.4 Å². The van der Waals surface area contributed by atoms with Gasteiger partial charge in [-0.3, -0.25) is 4.79 Å². The number of fused-ring (bicyclic) bond motifs is 1. The third-order valence-electron chi connectivity index (χ3n) is 3.47. The van der Waals surface area contributed by atoms with E-state index in [0.29, 0.717) is 6.54 Å². The van der Waals surface area contributed by atoms with Crippen LogP contribution in [0.2, 0.25) is 0 Å². The van der Waals surface area contributed by atoms with Crippen LogP contribution in [0.25, 0.3) is 5.52 Å². The molecule has 0 bridgehead atoms. The molecule has 0 atom stereocenters. The summed E-state index contributed by atoms with van der Waals surface area (Å²) >= 11 is 3.43. The second-order valence-electron chi connectivity index (χ2n) is 4.62. The monoisotopic (exact) mass is 307 g/mol. The highest BCUT2D eigenvalue weighted by molar-refractivity contribution is 9.10. The van der Waals surface area contributed by atoms with Crippen molar-refractivity contribution in [2.45, 2.75) is 25.8 Å². The fourth-order valence-electron chi connectivity index (χ4n) is 2.17. The Balaban J connectivity index is 1.76. The molecule has 5 heteroatoms. The normalized spacial score (nSPS) is 15.6. The first-order valence-corrected chi connectivity index (χ1v) is 6.94. The van der Waals surface area contributed by atoms with Gasteiger partial charge in [0.15, 0.2) is 0 Å². The maximum Gasteiger partial charge on any atom is 0.223 e. The first kappa shape index (κ1) is 11.7. The van der Waals surface area contributed by atoms with E-state index in [2.05, 4.69) is 26.2 Å². The summed E-state index contributed by atoms with van der Waals surface area (Å²) in [4.78, 5) is 16.2. The SMILES string of the molecule is O=C(NCc1nc(Br)c2ccccn12)C1CCC1. The quantitative estimate of drug-likeness (QED) is 0.947. The molecule has 4 nitrogen and oxygen atoms in total. The lowest BCUT2D eigenvalue weighted by Crippen LogP contribution is -2.34. The lowest BCUT2D eigenvalue weighted by molar-refractivity contribution is -0.127. The minimum atomic E-state index is 0.157. The van der Waals surface area contributed by atoms with Gasteiger partial charge in [0.2, 0.25) is 5.91 Å². The molecule has 0 unspecified atom stereocenters. The van der Waals surface area contributed by atoms with Crippen molar-refractivity contribution < 1.29 is 4.79 Å². The van der Waals surface area contributed by atoms with Gasteiger partial charge in [-0.05, 0) is 40.9 Å². The van der Waals surface area contributed by atoms with Gasteiger partial charge < -0.3 is 9.72 Å².